The molecule has 0 bridgehead atoms. The van der Waals surface area contributed by atoms with Crippen LogP contribution in [0, 0.1) is 0 Å². The summed E-state index contributed by atoms with van der Waals surface area (Å²) in [7, 11) is 0. The minimum Gasteiger partial charge on any atom is -0.490 e. The molecule has 0 saturated heterocycles. The van der Waals surface area contributed by atoms with Crippen molar-refractivity contribution in [1.29, 1.82) is 0 Å². The maximum absolute atomic E-state index is 12.7. The molecule has 0 radical (unpaired) electrons. The molecule has 0 atom stereocenters. The van der Waals surface area contributed by atoms with Gasteiger partial charge in [-0.15, -0.1) is 11.3 Å². The number of thiophene rings is 1. The number of ether oxygens (including phenoxy) is 3. The molecule has 2 N–H and O–H groups in total. The van der Waals surface area contributed by atoms with Gasteiger partial charge in [0.15, 0.2) is 11.5 Å². The number of fused-ring (bicyclic) bond motifs is 1. The lowest BCUT2D eigenvalue weighted by atomic mass is 10.1. The van der Waals surface area contributed by atoms with Gasteiger partial charge in [-0.05, 0) is 96.4 Å². The fraction of sp³-hybridized carbons (Fsp3) is 0.333. The van der Waals surface area contributed by atoms with Gasteiger partial charge in [0, 0.05) is 9.90 Å². The van der Waals surface area contributed by atoms with Crippen LogP contribution < -0.4 is 20.2 Å². The highest BCUT2D eigenvalue weighted by Crippen LogP contribution is 2.39. The number of hydrogen-bond donors (Lipinski definition) is 2. The van der Waals surface area contributed by atoms with Gasteiger partial charge in [0.1, 0.15) is 11.6 Å². The maximum atomic E-state index is 12.7. The van der Waals surface area contributed by atoms with Crippen molar-refractivity contribution in [1.82, 2.24) is 5.43 Å². The Kier molecular flexibility index (Phi) is 11.4. The summed E-state index contributed by atoms with van der Waals surface area (Å²) < 4.78 is 17.6. The van der Waals surface area contributed by atoms with Crippen molar-refractivity contribution in [3.63, 3.8) is 0 Å². The average Bonchev–Trinajstić information content (AvgIpc) is 3.12. The van der Waals surface area contributed by atoms with Gasteiger partial charge < -0.3 is 19.5 Å². The molecule has 0 aliphatic heterocycles. The molecule has 0 spiro atoms. The molecule has 0 unspecified atom stereocenters. The fourth-order valence-corrected chi connectivity index (χ4v) is 6.53. The van der Waals surface area contributed by atoms with E-state index in [-0.39, 0.29) is 13.2 Å². The highest BCUT2D eigenvalue weighted by molar-refractivity contribution is 9.10. The number of carbonyl (C=O) groups is 3. The number of nitrogens with zero attached hydrogens (tertiary/aromatic N) is 1. The van der Waals surface area contributed by atoms with Crippen molar-refractivity contribution in [2.75, 3.05) is 18.5 Å². The lowest BCUT2D eigenvalue weighted by Crippen LogP contribution is -2.32. The summed E-state index contributed by atoms with van der Waals surface area (Å²) in [6.07, 6.45) is 5.98. The molecule has 222 valence electrons. The number of carbonyl (C=O) groups excluding carboxylic acids is 3. The van der Waals surface area contributed by atoms with Crippen LogP contribution in [-0.2, 0) is 33.8 Å². The topological polar surface area (TPSA) is 115 Å². The normalized spacial score (nSPS) is 12.8. The van der Waals surface area contributed by atoms with E-state index in [0.29, 0.717) is 43.7 Å². The molecule has 9 nitrogen and oxygen atoms in total. The van der Waals surface area contributed by atoms with Gasteiger partial charge in [-0.2, -0.15) is 5.10 Å². The van der Waals surface area contributed by atoms with Gasteiger partial charge in [0.2, 0.25) is 0 Å². The number of esters is 1. The first-order valence-corrected chi connectivity index (χ1v) is 15.6. The van der Waals surface area contributed by atoms with E-state index in [2.05, 4.69) is 31.8 Å². The SMILES string of the molecule is CCOC(=O)c1c(NC(=O)C(=O)NN=Cc2cc(Br)c(OCc3cccc(Cl)c3)c(OCC)c2)sc2c1CCCCC2. The minimum atomic E-state index is -0.977. The molecule has 3 aromatic rings. The second kappa shape index (κ2) is 15.2. The Bertz CT molecular complexity index is 1490. The predicted octanol–water partition coefficient (Wildman–Crippen LogP) is 6.68. The number of halogens is 2. The molecule has 0 fully saturated rings. The Morgan fingerprint density at radius 1 is 1.05 bits per heavy atom. The van der Waals surface area contributed by atoms with Crippen molar-refractivity contribution in [3.05, 3.63) is 73.0 Å². The van der Waals surface area contributed by atoms with E-state index in [0.717, 1.165) is 48.1 Å². The van der Waals surface area contributed by atoms with Crippen LogP contribution in [0.4, 0.5) is 5.00 Å². The molecule has 1 heterocycles. The first-order chi connectivity index (χ1) is 20.3. The van der Waals surface area contributed by atoms with Gasteiger partial charge in [-0.3, -0.25) is 9.59 Å². The number of aryl methyl sites for hydroxylation is 1. The van der Waals surface area contributed by atoms with Gasteiger partial charge in [-0.1, -0.05) is 30.2 Å². The summed E-state index contributed by atoms with van der Waals surface area (Å²) in [6, 6.07) is 10.8. The van der Waals surface area contributed by atoms with Crippen molar-refractivity contribution in [3.8, 4) is 11.5 Å². The van der Waals surface area contributed by atoms with Crippen molar-refractivity contribution in [2.24, 2.45) is 5.10 Å². The molecule has 42 heavy (non-hydrogen) atoms. The number of benzene rings is 2. The molecule has 1 aliphatic rings. The third kappa shape index (κ3) is 8.11. The Balaban J connectivity index is 1.43. The largest absolute Gasteiger partial charge is 0.490 e. The zero-order valence-corrected chi connectivity index (χ0v) is 26.4. The molecular weight excluding hydrogens is 646 g/mol. The number of hydrogen-bond acceptors (Lipinski definition) is 8. The second-order valence-electron chi connectivity index (χ2n) is 9.32. The van der Waals surface area contributed by atoms with Gasteiger partial charge in [-0.25, -0.2) is 10.2 Å². The highest BCUT2D eigenvalue weighted by Gasteiger charge is 2.28. The van der Waals surface area contributed by atoms with E-state index in [1.807, 2.05) is 25.1 Å². The van der Waals surface area contributed by atoms with E-state index >= 15 is 0 Å². The average molecular weight is 677 g/mol. The number of hydrazone groups is 1. The molecular formula is C30H31BrClN3O6S. The van der Waals surface area contributed by atoms with Crippen LogP contribution in [0.5, 0.6) is 11.5 Å². The van der Waals surface area contributed by atoms with E-state index in [4.69, 9.17) is 25.8 Å². The monoisotopic (exact) mass is 675 g/mol. The number of amides is 2. The lowest BCUT2D eigenvalue weighted by molar-refractivity contribution is -0.136. The summed E-state index contributed by atoms with van der Waals surface area (Å²) in [5.41, 5.74) is 4.98. The van der Waals surface area contributed by atoms with Gasteiger partial charge in [0.25, 0.3) is 0 Å². The Hall–Kier alpha value is -3.41. The third-order valence-corrected chi connectivity index (χ3v) is 8.35. The zero-order chi connectivity index (χ0) is 30.1. The quantitative estimate of drug-likeness (QED) is 0.0815. The zero-order valence-electron chi connectivity index (χ0n) is 23.3. The van der Waals surface area contributed by atoms with Crippen molar-refractivity contribution >= 4 is 67.9 Å². The Morgan fingerprint density at radius 3 is 2.62 bits per heavy atom. The van der Waals surface area contributed by atoms with Crippen LogP contribution in [0.15, 0.2) is 46.0 Å². The summed E-state index contributed by atoms with van der Waals surface area (Å²) in [5.74, 6) is -1.43. The molecule has 4 rings (SSSR count). The number of rotatable bonds is 10. The van der Waals surface area contributed by atoms with Crippen molar-refractivity contribution < 1.29 is 28.6 Å². The standard InChI is InChI=1S/C30H31BrClN3O6S/c1-3-39-23-15-19(14-22(31)26(23)41-17-18-9-8-10-20(32)13-18)16-33-35-28(37)27(36)34-29-25(30(38)40-4-2)21-11-6-5-7-12-24(21)42-29/h8-10,13-16H,3-7,11-12,17H2,1-2H3,(H,34,36)(H,35,37). The van der Waals surface area contributed by atoms with Crippen LogP contribution in [0.3, 0.4) is 0 Å². The Morgan fingerprint density at radius 2 is 1.86 bits per heavy atom. The summed E-state index contributed by atoms with van der Waals surface area (Å²) >= 11 is 10.9. The molecule has 1 aliphatic carbocycles. The molecule has 2 aromatic carbocycles. The third-order valence-electron chi connectivity index (χ3n) is 6.32. The van der Waals surface area contributed by atoms with E-state index in [1.54, 1.807) is 25.1 Å². The Labute approximate surface area is 261 Å². The predicted molar refractivity (Wildman–Crippen MR) is 167 cm³/mol. The fourth-order valence-electron chi connectivity index (χ4n) is 4.47. The molecule has 12 heteroatoms. The summed E-state index contributed by atoms with van der Waals surface area (Å²) in [5, 5.41) is 7.47. The van der Waals surface area contributed by atoms with E-state index in [1.165, 1.54) is 17.6 Å². The molecule has 1 aromatic heterocycles. The smallest absolute Gasteiger partial charge is 0.341 e. The number of anilines is 1. The lowest BCUT2D eigenvalue weighted by Gasteiger charge is -2.15. The first kappa shape index (κ1) is 31.5. The second-order valence-corrected chi connectivity index (χ2v) is 11.7. The molecule has 0 saturated carbocycles. The highest BCUT2D eigenvalue weighted by atomic mass is 79.9. The van der Waals surface area contributed by atoms with Gasteiger partial charge >= 0.3 is 17.8 Å². The van der Waals surface area contributed by atoms with E-state index < -0.39 is 17.8 Å². The summed E-state index contributed by atoms with van der Waals surface area (Å²) in [4.78, 5) is 39.1. The number of nitrogens with one attached hydrogen (secondary N) is 2. The first-order valence-electron chi connectivity index (χ1n) is 13.6. The molecule has 2 amide bonds. The van der Waals surface area contributed by atoms with Crippen LogP contribution in [0.1, 0.15) is 65.0 Å². The summed E-state index contributed by atoms with van der Waals surface area (Å²) in [6.45, 7) is 4.47. The van der Waals surface area contributed by atoms with Gasteiger partial charge in [0.05, 0.1) is 29.5 Å². The maximum Gasteiger partial charge on any atom is 0.341 e. The van der Waals surface area contributed by atoms with Crippen LogP contribution in [-0.4, -0.2) is 37.2 Å². The van der Waals surface area contributed by atoms with Crippen LogP contribution >= 0.6 is 38.9 Å². The van der Waals surface area contributed by atoms with Crippen molar-refractivity contribution in [2.45, 2.75) is 52.6 Å². The van der Waals surface area contributed by atoms with Crippen LogP contribution in [0.25, 0.3) is 0 Å². The van der Waals surface area contributed by atoms with Crippen LogP contribution in [0.2, 0.25) is 5.02 Å². The minimum absolute atomic E-state index is 0.210. The van der Waals surface area contributed by atoms with E-state index in [9.17, 15) is 14.4 Å².